The summed E-state index contributed by atoms with van der Waals surface area (Å²) in [6.07, 6.45) is 1.75. The Morgan fingerprint density at radius 3 is 2.60 bits per heavy atom. The minimum absolute atomic E-state index is 0.168. The molecule has 106 valence electrons. The normalized spacial score (nSPS) is 12.3. The second kappa shape index (κ2) is 7.55. The first-order chi connectivity index (χ1) is 9.69. The van der Waals surface area contributed by atoms with Gasteiger partial charge in [0.1, 0.15) is 5.82 Å². The number of rotatable bonds is 6. The fourth-order valence-electron chi connectivity index (χ4n) is 2.38. The van der Waals surface area contributed by atoms with Crippen LogP contribution in [0.4, 0.5) is 4.39 Å². The molecule has 0 spiro atoms. The SMILES string of the molecule is CCNC(Cc1cccc(F)c1)Cc1ccccc1Br. The number of likely N-dealkylation sites (N-methyl/N-ethyl adjacent to an activating group) is 1. The van der Waals surface area contributed by atoms with Gasteiger partial charge in [-0.25, -0.2) is 4.39 Å². The molecule has 1 N–H and O–H groups in total. The van der Waals surface area contributed by atoms with Crippen LogP contribution in [0.5, 0.6) is 0 Å². The quantitative estimate of drug-likeness (QED) is 0.827. The average Bonchev–Trinajstić information content (AvgIpc) is 2.42. The summed E-state index contributed by atoms with van der Waals surface area (Å²) in [6, 6.07) is 15.4. The third kappa shape index (κ3) is 4.43. The van der Waals surface area contributed by atoms with E-state index in [1.807, 2.05) is 18.2 Å². The van der Waals surface area contributed by atoms with Crippen molar-refractivity contribution in [2.24, 2.45) is 0 Å². The Kier molecular flexibility index (Phi) is 5.74. The maximum absolute atomic E-state index is 13.3. The first kappa shape index (κ1) is 15.2. The Morgan fingerprint density at radius 1 is 1.10 bits per heavy atom. The highest BCUT2D eigenvalue weighted by Gasteiger charge is 2.11. The zero-order valence-corrected chi connectivity index (χ0v) is 13.2. The number of hydrogen-bond acceptors (Lipinski definition) is 1. The topological polar surface area (TPSA) is 12.0 Å². The summed E-state index contributed by atoms with van der Waals surface area (Å²) in [5, 5.41) is 3.48. The number of halogens is 2. The minimum atomic E-state index is -0.168. The van der Waals surface area contributed by atoms with Gasteiger partial charge in [-0.05, 0) is 48.7 Å². The molecule has 1 unspecified atom stereocenters. The Hall–Kier alpha value is -1.19. The van der Waals surface area contributed by atoms with E-state index in [-0.39, 0.29) is 5.82 Å². The first-order valence-electron chi connectivity index (χ1n) is 6.90. The molecule has 2 aromatic carbocycles. The van der Waals surface area contributed by atoms with Crippen molar-refractivity contribution in [3.8, 4) is 0 Å². The van der Waals surface area contributed by atoms with Gasteiger partial charge in [0.05, 0.1) is 0 Å². The molecule has 2 rings (SSSR count). The molecule has 0 aliphatic rings. The van der Waals surface area contributed by atoms with Gasteiger partial charge in [-0.3, -0.25) is 0 Å². The van der Waals surface area contributed by atoms with E-state index in [1.165, 1.54) is 11.6 Å². The second-order valence-corrected chi connectivity index (χ2v) is 5.74. The van der Waals surface area contributed by atoms with Crippen molar-refractivity contribution in [1.82, 2.24) is 5.32 Å². The maximum Gasteiger partial charge on any atom is 0.123 e. The number of hydrogen-bond donors (Lipinski definition) is 1. The Bertz CT molecular complexity index is 556. The van der Waals surface area contributed by atoms with Gasteiger partial charge in [0, 0.05) is 10.5 Å². The first-order valence-corrected chi connectivity index (χ1v) is 7.69. The van der Waals surface area contributed by atoms with Crippen LogP contribution in [0.1, 0.15) is 18.1 Å². The molecular formula is C17H19BrFN. The molecule has 20 heavy (non-hydrogen) atoms. The van der Waals surface area contributed by atoms with Crippen LogP contribution in [0.25, 0.3) is 0 Å². The lowest BCUT2D eigenvalue weighted by atomic mass is 9.99. The monoisotopic (exact) mass is 335 g/mol. The predicted molar refractivity (Wildman–Crippen MR) is 85.4 cm³/mol. The van der Waals surface area contributed by atoms with E-state index in [1.54, 1.807) is 12.1 Å². The van der Waals surface area contributed by atoms with Crippen LogP contribution in [-0.4, -0.2) is 12.6 Å². The summed E-state index contributed by atoms with van der Waals surface area (Å²) in [4.78, 5) is 0. The summed E-state index contributed by atoms with van der Waals surface area (Å²) in [5.74, 6) is -0.168. The van der Waals surface area contributed by atoms with Crippen molar-refractivity contribution >= 4 is 15.9 Å². The maximum atomic E-state index is 13.3. The zero-order valence-electron chi connectivity index (χ0n) is 11.6. The fourth-order valence-corrected chi connectivity index (χ4v) is 2.83. The molecule has 0 bridgehead atoms. The molecule has 3 heteroatoms. The van der Waals surface area contributed by atoms with E-state index in [9.17, 15) is 4.39 Å². The van der Waals surface area contributed by atoms with Crippen molar-refractivity contribution < 1.29 is 4.39 Å². The number of benzene rings is 2. The third-order valence-corrected chi connectivity index (χ3v) is 4.06. The zero-order chi connectivity index (χ0) is 14.4. The molecule has 0 saturated carbocycles. The molecule has 0 aliphatic heterocycles. The highest BCUT2D eigenvalue weighted by atomic mass is 79.9. The van der Waals surface area contributed by atoms with Gasteiger partial charge in [0.15, 0.2) is 0 Å². The molecule has 0 aliphatic carbocycles. The average molecular weight is 336 g/mol. The minimum Gasteiger partial charge on any atom is -0.314 e. The molecule has 0 amide bonds. The molecule has 0 saturated heterocycles. The standard InChI is InChI=1S/C17H19BrFN/c1-2-20-16(11-13-6-5-8-15(19)10-13)12-14-7-3-4-9-17(14)18/h3-10,16,20H,2,11-12H2,1H3. The van der Waals surface area contributed by atoms with Crippen molar-refractivity contribution in [3.63, 3.8) is 0 Å². The van der Waals surface area contributed by atoms with E-state index < -0.39 is 0 Å². The van der Waals surface area contributed by atoms with Crippen molar-refractivity contribution in [3.05, 3.63) is 69.9 Å². The van der Waals surface area contributed by atoms with Gasteiger partial charge >= 0.3 is 0 Å². The molecule has 0 radical (unpaired) electrons. The number of nitrogens with one attached hydrogen (secondary N) is 1. The highest BCUT2D eigenvalue weighted by Crippen LogP contribution is 2.19. The van der Waals surface area contributed by atoms with E-state index in [2.05, 4.69) is 40.3 Å². The van der Waals surface area contributed by atoms with Crippen LogP contribution in [0.3, 0.4) is 0 Å². The lowest BCUT2D eigenvalue weighted by molar-refractivity contribution is 0.519. The van der Waals surface area contributed by atoms with Crippen LogP contribution >= 0.6 is 15.9 Å². The molecule has 1 atom stereocenters. The van der Waals surface area contributed by atoms with Crippen LogP contribution in [0.15, 0.2) is 53.0 Å². The lowest BCUT2D eigenvalue weighted by Gasteiger charge is -2.19. The molecule has 0 fully saturated rings. The predicted octanol–water partition coefficient (Wildman–Crippen LogP) is 4.35. The van der Waals surface area contributed by atoms with Gasteiger partial charge in [-0.15, -0.1) is 0 Å². The van der Waals surface area contributed by atoms with Gasteiger partial charge in [0.2, 0.25) is 0 Å². The molecular weight excluding hydrogens is 317 g/mol. The Labute approximate surface area is 128 Å². The van der Waals surface area contributed by atoms with Crippen molar-refractivity contribution in [2.45, 2.75) is 25.8 Å². The summed E-state index contributed by atoms with van der Waals surface area (Å²) < 4.78 is 14.4. The van der Waals surface area contributed by atoms with E-state index >= 15 is 0 Å². The Balaban J connectivity index is 2.09. The van der Waals surface area contributed by atoms with Crippen molar-refractivity contribution in [1.29, 1.82) is 0 Å². The smallest absolute Gasteiger partial charge is 0.123 e. The molecule has 0 aromatic heterocycles. The van der Waals surface area contributed by atoms with E-state index in [0.717, 1.165) is 29.4 Å². The van der Waals surface area contributed by atoms with E-state index in [4.69, 9.17) is 0 Å². The van der Waals surface area contributed by atoms with Gasteiger partial charge < -0.3 is 5.32 Å². The largest absolute Gasteiger partial charge is 0.314 e. The molecule has 0 heterocycles. The van der Waals surface area contributed by atoms with Gasteiger partial charge in [-0.1, -0.05) is 53.2 Å². The highest BCUT2D eigenvalue weighted by molar-refractivity contribution is 9.10. The van der Waals surface area contributed by atoms with E-state index in [0.29, 0.717) is 6.04 Å². The third-order valence-electron chi connectivity index (χ3n) is 3.29. The van der Waals surface area contributed by atoms with Gasteiger partial charge in [0.25, 0.3) is 0 Å². The molecule has 1 nitrogen and oxygen atoms in total. The second-order valence-electron chi connectivity index (χ2n) is 4.88. The lowest BCUT2D eigenvalue weighted by Crippen LogP contribution is -2.33. The summed E-state index contributed by atoms with van der Waals surface area (Å²) >= 11 is 3.59. The molecule has 2 aromatic rings. The van der Waals surface area contributed by atoms with Crippen LogP contribution in [-0.2, 0) is 12.8 Å². The Morgan fingerprint density at radius 2 is 1.90 bits per heavy atom. The van der Waals surface area contributed by atoms with Crippen LogP contribution in [0, 0.1) is 5.82 Å². The van der Waals surface area contributed by atoms with Crippen molar-refractivity contribution in [2.75, 3.05) is 6.54 Å². The summed E-state index contributed by atoms with van der Waals surface area (Å²) in [6.45, 7) is 3.00. The summed E-state index contributed by atoms with van der Waals surface area (Å²) in [7, 11) is 0. The van der Waals surface area contributed by atoms with Crippen LogP contribution < -0.4 is 5.32 Å². The fraction of sp³-hybridized carbons (Fsp3) is 0.294. The summed E-state index contributed by atoms with van der Waals surface area (Å²) in [5.41, 5.74) is 2.30. The van der Waals surface area contributed by atoms with Crippen LogP contribution in [0.2, 0.25) is 0 Å². The van der Waals surface area contributed by atoms with Gasteiger partial charge in [-0.2, -0.15) is 0 Å².